The number of anilines is 1. The van der Waals surface area contributed by atoms with E-state index in [9.17, 15) is 0 Å². The normalized spacial score (nSPS) is 18.3. The van der Waals surface area contributed by atoms with Gasteiger partial charge in [0.05, 0.1) is 5.69 Å². The Morgan fingerprint density at radius 2 is 2.26 bits per heavy atom. The Labute approximate surface area is 121 Å². The summed E-state index contributed by atoms with van der Waals surface area (Å²) in [5.41, 5.74) is 8.10. The molecule has 5 heteroatoms. The van der Waals surface area contributed by atoms with Gasteiger partial charge in [-0.05, 0) is 30.9 Å². The molecule has 0 spiro atoms. The summed E-state index contributed by atoms with van der Waals surface area (Å²) in [5, 5.41) is 5.10. The maximum Gasteiger partial charge on any atom is 0.180 e. The van der Waals surface area contributed by atoms with Crippen molar-refractivity contribution in [1.82, 2.24) is 10.3 Å². The minimum Gasteiger partial charge on any atom is -0.375 e. The summed E-state index contributed by atoms with van der Waals surface area (Å²) in [6, 6.07) is 8.46. The number of nitrogen functional groups attached to an aromatic ring is 1. The minimum absolute atomic E-state index is 0.489. The first-order chi connectivity index (χ1) is 9.22. The number of fused-ring (bicyclic) bond motifs is 1. The van der Waals surface area contributed by atoms with Crippen LogP contribution >= 0.6 is 22.9 Å². The van der Waals surface area contributed by atoms with Crippen LogP contribution in [0.25, 0.3) is 0 Å². The molecule has 1 unspecified atom stereocenters. The third-order valence-electron chi connectivity index (χ3n) is 3.50. The highest BCUT2D eigenvalue weighted by molar-refractivity contribution is 7.15. The van der Waals surface area contributed by atoms with Gasteiger partial charge in [-0.3, -0.25) is 0 Å². The smallest absolute Gasteiger partial charge is 0.180 e. The molecule has 1 atom stereocenters. The Kier molecular flexibility index (Phi) is 3.73. The van der Waals surface area contributed by atoms with Crippen LogP contribution < -0.4 is 11.1 Å². The van der Waals surface area contributed by atoms with E-state index in [1.165, 1.54) is 10.6 Å². The number of hydrogen-bond acceptors (Lipinski definition) is 4. The van der Waals surface area contributed by atoms with E-state index in [0.717, 1.165) is 36.4 Å². The van der Waals surface area contributed by atoms with E-state index >= 15 is 0 Å². The van der Waals surface area contributed by atoms with Crippen molar-refractivity contribution in [1.29, 1.82) is 0 Å². The van der Waals surface area contributed by atoms with Crippen molar-refractivity contribution >= 4 is 28.1 Å². The van der Waals surface area contributed by atoms with Crippen molar-refractivity contribution in [2.75, 3.05) is 5.73 Å². The third kappa shape index (κ3) is 2.91. The largest absolute Gasteiger partial charge is 0.375 e. The van der Waals surface area contributed by atoms with Crippen LogP contribution in [0, 0.1) is 0 Å². The first-order valence-electron chi connectivity index (χ1n) is 6.43. The SMILES string of the molecule is Nc1nc2c(s1)CC(NCc1ccccc1Cl)CC2. The quantitative estimate of drug-likeness (QED) is 0.914. The zero-order valence-electron chi connectivity index (χ0n) is 10.5. The predicted octanol–water partition coefficient (Wildman–Crippen LogP) is 3.03. The first kappa shape index (κ1) is 12.9. The lowest BCUT2D eigenvalue weighted by Gasteiger charge is -2.22. The second kappa shape index (κ2) is 5.49. The molecule has 3 rings (SSSR count). The molecule has 0 amide bonds. The van der Waals surface area contributed by atoms with Crippen molar-refractivity contribution in [3.63, 3.8) is 0 Å². The van der Waals surface area contributed by atoms with Gasteiger partial charge >= 0.3 is 0 Å². The monoisotopic (exact) mass is 293 g/mol. The van der Waals surface area contributed by atoms with Gasteiger partial charge in [0, 0.05) is 22.5 Å². The zero-order chi connectivity index (χ0) is 13.2. The molecule has 3 N–H and O–H groups in total. The maximum absolute atomic E-state index is 6.16. The minimum atomic E-state index is 0.489. The third-order valence-corrected chi connectivity index (χ3v) is 4.81. The van der Waals surface area contributed by atoms with Crippen molar-refractivity contribution < 1.29 is 0 Å². The van der Waals surface area contributed by atoms with Crippen LogP contribution in [-0.4, -0.2) is 11.0 Å². The summed E-state index contributed by atoms with van der Waals surface area (Å²) < 4.78 is 0. The number of rotatable bonds is 3. The van der Waals surface area contributed by atoms with Gasteiger partial charge in [0.15, 0.2) is 5.13 Å². The van der Waals surface area contributed by atoms with Crippen LogP contribution in [0.4, 0.5) is 5.13 Å². The molecule has 0 bridgehead atoms. The highest BCUT2D eigenvalue weighted by Gasteiger charge is 2.21. The molecule has 1 aromatic carbocycles. The maximum atomic E-state index is 6.16. The van der Waals surface area contributed by atoms with Crippen LogP contribution in [0.2, 0.25) is 5.02 Å². The van der Waals surface area contributed by atoms with Gasteiger partial charge in [-0.2, -0.15) is 0 Å². The van der Waals surface area contributed by atoms with Crippen LogP contribution in [0.15, 0.2) is 24.3 Å². The van der Waals surface area contributed by atoms with Gasteiger partial charge in [0.1, 0.15) is 0 Å². The lowest BCUT2D eigenvalue weighted by molar-refractivity contribution is 0.458. The lowest BCUT2D eigenvalue weighted by atomic mass is 9.97. The molecule has 0 saturated carbocycles. The van der Waals surface area contributed by atoms with Gasteiger partial charge < -0.3 is 11.1 Å². The molecule has 2 aromatic rings. The van der Waals surface area contributed by atoms with E-state index in [2.05, 4.69) is 16.4 Å². The highest BCUT2D eigenvalue weighted by atomic mass is 35.5. The lowest BCUT2D eigenvalue weighted by Crippen LogP contribution is -2.33. The Balaban J connectivity index is 1.62. The molecular weight excluding hydrogens is 278 g/mol. The van der Waals surface area contributed by atoms with Crippen molar-refractivity contribution in [3.8, 4) is 0 Å². The van der Waals surface area contributed by atoms with E-state index in [-0.39, 0.29) is 0 Å². The summed E-state index contributed by atoms with van der Waals surface area (Å²) in [6.07, 6.45) is 3.15. The number of benzene rings is 1. The van der Waals surface area contributed by atoms with Gasteiger partial charge in [-0.25, -0.2) is 4.98 Å². The molecule has 1 aromatic heterocycles. The van der Waals surface area contributed by atoms with Crippen LogP contribution in [0.1, 0.15) is 22.6 Å². The molecule has 3 nitrogen and oxygen atoms in total. The zero-order valence-corrected chi connectivity index (χ0v) is 12.1. The first-order valence-corrected chi connectivity index (χ1v) is 7.62. The molecule has 1 aliphatic carbocycles. The number of thiazole rings is 1. The second-order valence-electron chi connectivity index (χ2n) is 4.83. The van der Waals surface area contributed by atoms with Gasteiger partial charge in [0.2, 0.25) is 0 Å². The molecule has 0 radical (unpaired) electrons. The fourth-order valence-corrected chi connectivity index (χ4v) is 3.63. The number of hydrogen-bond donors (Lipinski definition) is 2. The number of nitrogens with zero attached hydrogens (tertiary/aromatic N) is 1. The van der Waals surface area contributed by atoms with Crippen molar-refractivity contribution in [3.05, 3.63) is 45.4 Å². The Morgan fingerprint density at radius 1 is 1.42 bits per heavy atom. The van der Waals surface area contributed by atoms with Crippen molar-refractivity contribution in [2.24, 2.45) is 0 Å². The molecule has 0 fully saturated rings. The van der Waals surface area contributed by atoms with E-state index in [1.54, 1.807) is 11.3 Å². The number of aryl methyl sites for hydroxylation is 1. The summed E-state index contributed by atoms with van der Waals surface area (Å²) >= 11 is 7.78. The molecule has 0 aliphatic heterocycles. The summed E-state index contributed by atoms with van der Waals surface area (Å²) in [7, 11) is 0. The van der Waals surface area contributed by atoms with E-state index in [4.69, 9.17) is 17.3 Å². The predicted molar refractivity (Wildman–Crippen MR) is 80.6 cm³/mol. The fraction of sp³-hybridized carbons (Fsp3) is 0.357. The Hall–Kier alpha value is -1.10. The average molecular weight is 294 g/mol. The van der Waals surface area contributed by atoms with Gasteiger partial charge in [-0.15, -0.1) is 11.3 Å². The van der Waals surface area contributed by atoms with Crippen LogP contribution in [0.3, 0.4) is 0 Å². The number of aromatic nitrogens is 1. The van der Waals surface area contributed by atoms with Crippen molar-refractivity contribution in [2.45, 2.75) is 31.8 Å². The number of nitrogens with one attached hydrogen (secondary N) is 1. The van der Waals surface area contributed by atoms with Gasteiger partial charge in [0.25, 0.3) is 0 Å². The summed E-state index contributed by atoms with van der Waals surface area (Å²) in [4.78, 5) is 5.70. The molecule has 1 heterocycles. The molecule has 1 aliphatic rings. The van der Waals surface area contributed by atoms with E-state index in [1.807, 2.05) is 18.2 Å². The molecule has 0 saturated heterocycles. The standard InChI is InChI=1S/C14H16ClN3S/c15-11-4-2-1-3-9(11)8-17-10-5-6-12-13(7-10)19-14(16)18-12/h1-4,10,17H,5-8H2,(H2,16,18). The number of nitrogens with two attached hydrogens (primary N) is 1. The molecule has 19 heavy (non-hydrogen) atoms. The highest BCUT2D eigenvalue weighted by Crippen LogP contribution is 2.28. The Morgan fingerprint density at radius 3 is 3.11 bits per heavy atom. The van der Waals surface area contributed by atoms with Crippen LogP contribution in [-0.2, 0) is 19.4 Å². The fourth-order valence-electron chi connectivity index (χ4n) is 2.47. The van der Waals surface area contributed by atoms with Gasteiger partial charge in [-0.1, -0.05) is 29.8 Å². The average Bonchev–Trinajstić information content (AvgIpc) is 2.77. The summed E-state index contributed by atoms with van der Waals surface area (Å²) in [6.45, 7) is 0.813. The number of halogens is 1. The van der Waals surface area contributed by atoms with E-state index in [0.29, 0.717) is 11.2 Å². The second-order valence-corrected chi connectivity index (χ2v) is 6.36. The van der Waals surface area contributed by atoms with Crippen LogP contribution in [0.5, 0.6) is 0 Å². The molecular formula is C14H16ClN3S. The van der Waals surface area contributed by atoms with E-state index < -0.39 is 0 Å². The summed E-state index contributed by atoms with van der Waals surface area (Å²) in [5.74, 6) is 0. The Bertz CT molecular complexity index is 582. The molecule has 100 valence electrons. The topological polar surface area (TPSA) is 50.9 Å².